The van der Waals surface area contributed by atoms with E-state index in [0.717, 1.165) is 6.42 Å². The van der Waals surface area contributed by atoms with Gasteiger partial charge in [0, 0.05) is 11.3 Å². The maximum Gasteiger partial charge on any atom is 0.0881 e. The molecule has 0 bridgehead atoms. The minimum atomic E-state index is 0.369. The number of hydrogen-bond donors (Lipinski definition) is 0. The van der Waals surface area contributed by atoms with E-state index >= 15 is 0 Å². The first-order valence-electron chi connectivity index (χ1n) is 3.58. The zero-order valence-electron chi connectivity index (χ0n) is 5.51. The predicted molar refractivity (Wildman–Crippen MR) is 36.7 cm³/mol. The Labute approximate surface area is 60.3 Å². The summed E-state index contributed by atoms with van der Waals surface area (Å²) in [7, 11) is 0. The zero-order chi connectivity index (χ0) is 6.43. The molecule has 0 amide bonds. The lowest BCUT2D eigenvalue weighted by Gasteiger charge is -2.18. The fraction of sp³-hybridized carbons (Fsp3) is 1.00. The topological polar surface area (TPSA) is 12.5 Å². The van der Waals surface area contributed by atoms with Crippen LogP contribution in [0.2, 0.25) is 0 Å². The summed E-state index contributed by atoms with van der Waals surface area (Å²) in [6, 6.07) is 0. The van der Waals surface area contributed by atoms with Crippen LogP contribution < -0.4 is 0 Å². The summed E-state index contributed by atoms with van der Waals surface area (Å²) in [6.07, 6.45) is 3.42. The summed E-state index contributed by atoms with van der Waals surface area (Å²) >= 11 is 6.01. The van der Waals surface area contributed by atoms with Crippen LogP contribution in [0.4, 0.5) is 0 Å². The number of ether oxygens (including phenoxy) is 1. The molecule has 0 aromatic rings. The average molecular weight is 147 g/mol. The molecule has 1 saturated carbocycles. The monoisotopic (exact) mass is 146 g/mol. The standard InChI is InChI=1S/C7H11ClO/c1-4-5(8)2-3-6-7(4)9-6/h4-7H,2-3H2,1H3. The second-order valence-electron chi connectivity index (χ2n) is 3.09. The Morgan fingerprint density at radius 1 is 1.44 bits per heavy atom. The molecule has 1 nitrogen and oxygen atoms in total. The van der Waals surface area contributed by atoms with Crippen molar-refractivity contribution in [1.29, 1.82) is 0 Å². The van der Waals surface area contributed by atoms with Crippen LogP contribution in [-0.2, 0) is 4.74 Å². The van der Waals surface area contributed by atoms with Gasteiger partial charge in [-0.25, -0.2) is 0 Å². The Kier molecular flexibility index (Phi) is 1.24. The Balaban J connectivity index is 2.02. The molecule has 0 aromatic heterocycles. The van der Waals surface area contributed by atoms with E-state index in [-0.39, 0.29) is 0 Å². The molecule has 2 rings (SSSR count). The SMILES string of the molecule is CC1C(Cl)CCC2OC21. The highest BCUT2D eigenvalue weighted by Gasteiger charge is 2.48. The fourth-order valence-corrected chi connectivity index (χ4v) is 1.91. The summed E-state index contributed by atoms with van der Waals surface area (Å²) in [4.78, 5) is 0. The molecule has 1 saturated heterocycles. The second kappa shape index (κ2) is 1.86. The minimum Gasteiger partial charge on any atom is -0.369 e. The van der Waals surface area contributed by atoms with Crippen LogP contribution in [0.5, 0.6) is 0 Å². The molecule has 2 heteroatoms. The van der Waals surface area contributed by atoms with E-state index < -0.39 is 0 Å². The molecule has 52 valence electrons. The summed E-state index contributed by atoms with van der Waals surface area (Å²) in [5.74, 6) is 0.588. The lowest BCUT2D eigenvalue weighted by atomic mass is 9.90. The van der Waals surface area contributed by atoms with Crippen molar-refractivity contribution in [3.63, 3.8) is 0 Å². The van der Waals surface area contributed by atoms with Crippen molar-refractivity contribution in [2.75, 3.05) is 0 Å². The third kappa shape index (κ3) is 0.870. The zero-order valence-corrected chi connectivity index (χ0v) is 6.27. The van der Waals surface area contributed by atoms with E-state index in [1.165, 1.54) is 6.42 Å². The Bertz CT molecular complexity index is 124. The van der Waals surface area contributed by atoms with Crippen LogP contribution in [0.1, 0.15) is 19.8 Å². The van der Waals surface area contributed by atoms with Crippen LogP contribution >= 0.6 is 11.6 Å². The van der Waals surface area contributed by atoms with Crippen molar-refractivity contribution in [2.45, 2.75) is 37.4 Å². The van der Waals surface area contributed by atoms with Crippen molar-refractivity contribution in [2.24, 2.45) is 5.92 Å². The molecule has 0 N–H and O–H groups in total. The number of epoxide rings is 1. The van der Waals surface area contributed by atoms with Crippen molar-refractivity contribution in [1.82, 2.24) is 0 Å². The van der Waals surface area contributed by atoms with Crippen molar-refractivity contribution in [3.8, 4) is 0 Å². The van der Waals surface area contributed by atoms with Crippen molar-refractivity contribution < 1.29 is 4.74 Å². The highest BCUT2D eigenvalue weighted by Crippen LogP contribution is 2.42. The lowest BCUT2D eigenvalue weighted by molar-refractivity contribution is 0.338. The molecule has 2 fully saturated rings. The van der Waals surface area contributed by atoms with E-state index in [9.17, 15) is 0 Å². The van der Waals surface area contributed by atoms with Gasteiger partial charge in [-0.1, -0.05) is 6.92 Å². The second-order valence-corrected chi connectivity index (χ2v) is 3.65. The number of hydrogen-bond acceptors (Lipinski definition) is 1. The first kappa shape index (κ1) is 5.99. The van der Waals surface area contributed by atoms with Gasteiger partial charge in [0.1, 0.15) is 0 Å². The molecule has 4 unspecified atom stereocenters. The molecule has 4 atom stereocenters. The van der Waals surface area contributed by atoms with Crippen LogP contribution in [0.3, 0.4) is 0 Å². The van der Waals surface area contributed by atoms with Gasteiger partial charge < -0.3 is 4.74 Å². The van der Waals surface area contributed by atoms with Gasteiger partial charge in [-0.3, -0.25) is 0 Å². The molecular weight excluding hydrogens is 136 g/mol. The van der Waals surface area contributed by atoms with Gasteiger partial charge in [0.25, 0.3) is 0 Å². The first-order valence-corrected chi connectivity index (χ1v) is 4.02. The third-order valence-electron chi connectivity index (χ3n) is 2.44. The minimum absolute atomic E-state index is 0.369. The molecule has 1 aliphatic heterocycles. The molecule has 9 heavy (non-hydrogen) atoms. The molecule has 2 aliphatic rings. The summed E-state index contributed by atoms with van der Waals surface area (Å²) < 4.78 is 5.38. The normalized spacial score (nSPS) is 56.7. The quantitative estimate of drug-likeness (QED) is 0.375. The fourth-order valence-electron chi connectivity index (χ4n) is 1.64. The maximum atomic E-state index is 6.01. The van der Waals surface area contributed by atoms with Gasteiger partial charge in [-0.15, -0.1) is 11.6 Å². The molecule has 0 radical (unpaired) electrons. The summed E-state index contributed by atoms with van der Waals surface area (Å²) in [6.45, 7) is 2.18. The van der Waals surface area contributed by atoms with Gasteiger partial charge >= 0.3 is 0 Å². The average Bonchev–Trinajstić information content (AvgIpc) is 2.58. The lowest BCUT2D eigenvalue weighted by Crippen LogP contribution is -2.23. The molecule has 1 heterocycles. The van der Waals surface area contributed by atoms with E-state index in [2.05, 4.69) is 6.92 Å². The largest absolute Gasteiger partial charge is 0.369 e. The van der Waals surface area contributed by atoms with Crippen LogP contribution in [0, 0.1) is 5.92 Å². The smallest absolute Gasteiger partial charge is 0.0881 e. The summed E-state index contributed by atoms with van der Waals surface area (Å²) in [5.41, 5.74) is 0. The van der Waals surface area contributed by atoms with Crippen LogP contribution in [0.15, 0.2) is 0 Å². The van der Waals surface area contributed by atoms with Gasteiger partial charge in [0.15, 0.2) is 0 Å². The highest BCUT2D eigenvalue weighted by atomic mass is 35.5. The van der Waals surface area contributed by atoms with Crippen LogP contribution in [0.25, 0.3) is 0 Å². The maximum absolute atomic E-state index is 6.01. The van der Waals surface area contributed by atoms with Crippen molar-refractivity contribution >= 4 is 11.6 Å². The number of fused-ring (bicyclic) bond motifs is 1. The number of rotatable bonds is 0. The number of alkyl halides is 1. The number of halogens is 1. The van der Waals surface area contributed by atoms with E-state index in [4.69, 9.17) is 16.3 Å². The highest BCUT2D eigenvalue weighted by molar-refractivity contribution is 6.20. The Hall–Kier alpha value is 0.250. The first-order chi connectivity index (χ1) is 4.29. The predicted octanol–water partition coefficient (Wildman–Crippen LogP) is 1.79. The van der Waals surface area contributed by atoms with Gasteiger partial charge in [-0.2, -0.15) is 0 Å². The van der Waals surface area contributed by atoms with Crippen molar-refractivity contribution in [3.05, 3.63) is 0 Å². The molecule has 0 spiro atoms. The Morgan fingerprint density at radius 3 is 2.89 bits per heavy atom. The summed E-state index contributed by atoms with van der Waals surface area (Å²) in [5, 5.41) is 0.369. The Morgan fingerprint density at radius 2 is 2.22 bits per heavy atom. The van der Waals surface area contributed by atoms with Crippen LogP contribution in [-0.4, -0.2) is 17.6 Å². The van der Waals surface area contributed by atoms with E-state index in [1.807, 2.05) is 0 Å². The van der Waals surface area contributed by atoms with E-state index in [0.29, 0.717) is 23.5 Å². The van der Waals surface area contributed by atoms with Gasteiger partial charge in [0.05, 0.1) is 12.2 Å². The van der Waals surface area contributed by atoms with Gasteiger partial charge in [-0.05, 0) is 12.8 Å². The molecular formula is C7H11ClO. The third-order valence-corrected chi connectivity index (χ3v) is 3.05. The van der Waals surface area contributed by atoms with E-state index in [1.54, 1.807) is 0 Å². The van der Waals surface area contributed by atoms with Gasteiger partial charge in [0.2, 0.25) is 0 Å². The molecule has 1 aliphatic carbocycles. The molecule has 0 aromatic carbocycles.